The first-order chi connectivity index (χ1) is 18.1. The summed E-state index contributed by atoms with van der Waals surface area (Å²) < 4.78 is 32.8. The Bertz CT molecular complexity index is 1550. The molecule has 1 amide bonds. The Hall–Kier alpha value is -2.55. The predicted molar refractivity (Wildman–Crippen MR) is 167 cm³/mol. The Kier molecular flexibility index (Phi) is 9.39. The van der Waals surface area contributed by atoms with Gasteiger partial charge in [-0.2, -0.15) is 9.82 Å². The highest BCUT2D eigenvalue weighted by Crippen LogP contribution is 2.21. The smallest absolute Gasteiger partial charge is 0.258 e. The van der Waals surface area contributed by atoms with Crippen molar-refractivity contribution in [3.05, 3.63) is 115 Å². The molecule has 38 heavy (non-hydrogen) atoms. The van der Waals surface area contributed by atoms with Gasteiger partial charge in [0.25, 0.3) is 5.91 Å². The quantitative estimate of drug-likeness (QED) is 0.138. The van der Waals surface area contributed by atoms with E-state index in [1.54, 1.807) is 18.3 Å². The predicted octanol–water partition coefficient (Wildman–Crippen LogP) is 5.34. The van der Waals surface area contributed by atoms with Crippen LogP contribution in [0.2, 0.25) is 0 Å². The second-order valence-electron chi connectivity index (χ2n) is 8.69. The number of halogens is 2. The van der Waals surface area contributed by atoms with Crippen molar-refractivity contribution in [3.63, 3.8) is 0 Å². The Morgan fingerprint density at radius 1 is 0.947 bits per heavy atom. The number of benzene rings is 3. The summed E-state index contributed by atoms with van der Waals surface area (Å²) >= 11 is 4.38. The second-order valence-corrected chi connectivity index (χ2v) is 12.9. The zero-order valence-corrected chi connectivity index (χ0v) is 25.9. The number of rotatable bonds is 9. The third-order valence-electron chi connectivity index (χ3n) is 5.95. The molecule has 0 unspecified atom stereocenters. The highest BCUT2D eigenvalue weighted by Gasteiger charge is 2.26. The third-order valence-corrected chi connectivity index (χ3v) is 8.88. The van der Waals surface area contributed by atoms with Gasteiger partial charge in [0.15, 0.2) is 0 Å². The number of aryl methyl sites for hydroxylation is 1. The number of hydrogen-bond donors (Lipinski definition) is 2. The normalized spacial score (nSPS) is 12.5. The molecule has 1 atom stereocenters. The number of amides is 1. The van der Waals surface area contributed by atoms with E-state index in [4.69, 9.17) is 0 Å². The van der Waals surface area contributed by atoms with E-state index in [9.17, 15) is 13.2 Å². The van der Waals surface area contributed by atoms with Crippen molar-refractivity contribution in [3.8, 4) is 5.69 Å². The topological polar surface area (TPSA) is 92.6 Å². The molecule has 0 spiro atoms. The van der Waals surface area contributed by atoms with Crippen molar-refractivity contribution in [2.75, 3.05) is 0 Å². The van der Waals surface area contributed by atoms with E-state index >= 15 is 0 Å². The fourth-order valence-corrected chi connectivity index (χ4v) is 5.97. The van der Waals surface area contributed by atoms with Crippen LogP contribution in [0.3, 0.4) is 0 Å². The van der Waals surface area contributed by atoms with Crippen LogP contribution in [-0.4, -0.2) is 31.1 Å². The second kappa shape index (κ2) is 12.5. The van der Waals surface area contributed by atoms with E-state index in [0.717, 1.165) is 35.3 Å². The first-order valence-electron chi connectivity index (χ1n) is 11.7. The number of carbonyl (C=O) groups is 1. The summed E-state index contributed by atoms with van der Waals surface area (Å²) in [5.41, 5.74) is 7.24. The lowest BCUT2D eigenvalue weighted by Gasteiger charge is -2.17. The summed E-state index contributed by atoms with van der Waals surface area (Å²) in [5, 5.41) is 4.17. The molecule has 4 aromatic rings. The SMILES string of the molecule is Cc1cc(/C=N\NC(=O)[C@@H](Cc2ccccc2)NS(=O)(=O)c2ccc(I)cc2)c(C)n1-c1ccc(I)cc1. The number of hydrazone groups is 1. The molecule has 0 aliphatic heterocycles. The molecule has 0 saturated carbocycles. The van der Waals surface area contributed by atoms with Crippen molar-refractivity contribution in [1.29, 1.82) is 0 Å². The Labute approximate surface area is 250 Å². The van der Waals surface area contributed by atoms with Crippen LogP contribution in [0.4, 0.5) is 0 Å². The molecule has 1 aromatic heterocycles. The summed E-state index contributed by atoms with van der Waals surface area (Å²) in [7, 11) is -3.93. The molecule has 0 aliphatic rings. The molecule has 1 heterocycles. The Morgan fingerprint density at radius 3 is 2.18 bits per heavy atom. The molecule has 3 aromatic carbocycles. The van der Waals surface area contributed by atoms with Gasteiger partial charge in [0.2, 0.25) is 10.0 Å². The largest absolute Gasteiger partial charge is 0.318 e. The molecular formula is C28H26I2N4O3S. The van der Waals surface area contributed by atoms with Gasteiger partial charge in [-0.15, -0.1) is 0 Å². The van der Waals surface area contributed by atoms with Crippen LogP contribution in [0.5, 0.6) is 0 Å². The fraction of sp³-hybridized carbons (Fsp3) is 0.143. The zero-order valence-electron chi connectivity index (χ0n) is 20.7. The van der Waals surface area contributed by atoms with Crippen LogP contribution < -0.4 is 10.1 Å². The van der Waals surface area contributed by atoms with Crippen LogP contribution in [-0.2, 0) is 21.2 Å². The summed E-state index contributed by atoms with van der Waals surface area (Å²) in [4.78, 5) is 13.2. The molecule has 0 radical (unpaired) electrons. The average molecular weight is 752 g/mol. The number of nitrogens with zero attached hydrogens (tertiary/aromatic N) is 2. The molecule has 10 heteroatoms. The van der Waals surface area contributed by atoms with E-state index < -0.39 is 22.0 Å². The number of carbonyl (C=O) groups excluding carboxylic acids is 1. The van der Waals surface area contributed by atoms with Crippen LogP contribution in [0.1, 0.15) is 22.5 Å². The minimum absolute atomic E-state index is 0.0929. The van der Waals surface area contributed by atoms with Crippen molar-refractivity contribution < 1.29 is 13.2 Å². The van der Waals surface area contributed by atoms with Crippen LogP contribution in [0, 0.1) is 21.0 Å². The molecule has 4 rings (SSSR count). The van der Waals surface area contributed by atoms with Gasteiger partial charge in [0.05, 0.1) is 11.1 Å². The van der Waals surface area contributed by atoms with E-state index in [2.05, 4.69) is 77.1 Å². The Morgan fingerprint density at radius 2 is 1.55 bits per heavy atom. The highest BCUT2D eigenvalue weighted by atomic mass is 127. The van der Waals surface area contributed by atoms with E-state index in [1.807, 2.05) is 62.4 Å². The summed E-state index contributed by atoms with van der Waals surface area (Å²) in [5.74, 6) is -0.550. The molecule has 7 nitrogen and oxygen atoms in total. The maximum Gasteiger partial charge on any atom is 0.258 e. The van der Waals surface area contributed by atoms with Gasteiger partial charge < -0.3 is 4.57 Å². The Balaban J connectivity index is 1.53. The van der Waals surface area contributed by atoms with Crippen molar-refractivity contribution >= 4 is 67.3 Å². The first kappa shape index (κ1) is 28.5. The number of aromatic nitrogens is 1. The maximum absolute atomic E-state index is 13.2. The number of sulfonamides is 1. The average Bonchev–Trinajstić information content (AvgIpc) is 3.17. The maximum atomic E-state index is 13.2. The fourth-order valence-electron chi connectivity index (χ4n) is 4.06. The van der Waals surface area contributed by atoms with E-state index in [-0.39, 0.29) is 11.3 Å². The number of hydrogen-bond acceptors (Lipinski definition) is 4. The summed E-state index contributed by atoms with van der Waals surface area (Å²) in [6.07, 6.45) is 1.75. The van der Waals surface area contributed by atoms with Gasteiger partial charge >= 0.3 is 0 Å². The minimum atomic E-state index is -3.93. The number of nitrogens with one attached hydrogen (secondary N) is 2. The van der Waals surface area contributed by atoms with Gasteiger partial charge in [0.1, 0.15) is 6.04 Å². The monoisotopic (exact) mass is 752 g/mol. The zero-order chi connectivity index (χ0) is 27.3. The minimum Gasteiger partial charge on any atom is -0.318 e. The van der Waals surface area contributed by atoms with Gasteiger partial charge in [-0.1, -0.05) is 30.3 Å². The van der Waals surface area contributed by atoms with Gasteiger partial charge in [-0.3, -0.25) is 4.79 Å². The first-order valence-corrected chi connectivity index (χ1v) is 15.4. The molecular weight excluding hydrogens is 726 g/mol. The summed E-state index contributed by atoms with van der Waals surface area (Å²) in [6, 6.07) is 24.8. The van der Waals surface area contributed by atoms with Crippen LogP contribution in [0.25, 0.3) is 5.69 Å². The summed E-state index contributed by atoms with van der Waals surface area (Å²) in [6.45, 7) is 4.00. The lowest BCUT2D eigenvalue weighted by Crippen LogP contribution is -2.46. The molecule has 0 aliphatic carbocycles. The van der Waals surface area contributed by atoms with Crippen molar-refractivity contribution in [2.24, 2.45) is 5.10 Å². The third kappa shape index (κ3) is 7.10. The van der Waals surface area contributed by atoms with E-state index in [0.29, 0.717) is 0 Å². The standard InChI is InChI=1S/C28H26I2N4O3S/c1-19-16-22(20(2)34(19)25-12-8-23(29)9-13-25)18-31-32-28(35)27(17-21-6-4-3-5-7-21)33-38(36,37)26-14-10-24(30)11-15-26/h3-16,18,27,33H,17H2,1-2H3,(H,32,35)/b31-18-/t27-/m1/s1. The van der Waals surface area contributed by atoms with Gasteiger partial charge in [-0.05, 0) is 126 Å². The molecule has 0 fully saturated rings. The van der Waals surface area contributed by atoms with Crippen LogP contribution in [0.15, 0.2) is 94.9 Å². The van der Waals surface area contributed by atoms with Crippen molar-refractivity contribution in [2.45, 2.75) is 31.2 Å². The van der Waals surface area contributed by atoms with Crippen LogP contribution >= 0.6 is 45.2 Å². The molecule has 0 saturated heterocycles. The molecule has 2 N–H and O–H groups in total. The highest BCUT2D eigenvalue weighted by molar-refractivity contribution is 14.1. The van der Waals surface area contributed by atoms with Crippen molar-refractivity contribution in [1.82, 2.24) is 14.7 Å². The molecule has 196 valence electrons. The molecule has 0 bridgehead atoms. The lowest BCUT2D eigenvalue weighted by molar-refractivity contribution is -0.122. The van der Waals surface area contributed by atoms with E-state index in [1.165, 1.54) is 12.1 Å². The lowest BCUT2D eigenvalue weighted by atomic mass is 10.1. The van der Waals surface area contributed by atoms with Gasteiger partial charge in [-0.25, -0.2) is 13.8 Å². The van der Waals surface area contributed by atoms with Gasteiger partial charge in [0, 0.05) is 29.8 Å².